The molecule has 0 radical (unpaired) electrons. The summed E-state index contributed by atoms with van der Waals surface area (Å²) in [7, 11) is 0. The molecule has 1 aromatic heterocycles. The number of anilines is 1. The second-order valence-electron chi connectivity index (χ2n) is 6.88. The van der Waals surface area contributed by atoms with E-state index in [9.17, 15) is 13.6 Å². The van der Waals surface area contributed by atoms with E-state index in [1.165, 1.54) is 47.7 Å². The molecule has 0 unspecified atom stereocenters. The number of thiazole rings is 1. The molecule has 2 aromatic carbocycles. The highest BCUT2D eigenvalue weighted by Crippen LogP contribution is 2.30. The zero-order valence-electron chi connectivity index (χ0n) is 16.2. The molecule has 5 nitrogen and oxygen atoms in total. The average molecular weight is 454 g/mol. The lowest BCUT2D eigenvalue weighted by Gasteiger charge is -2.27. The molecule has 0 aliphatic carbocycles. The van der Waals surface area contributed by atoms with Crippen LogP contribution in [0, 0.1) is 11.6 Å². The van der Waals surface area contributed by atoms with Crippen LogP contribution in [0.2, 0.25) is 0 Å². The summed E-state index contributed by atoms with van der Waals surface area (Å²) in [5, 5.41) is 0.516. The number of carbonyl (C=O) groups excluding carboxylic acids is 1. The first kappa shape index (κ1) is 22.6. The van der Waals surface area contributed by atoms with E-state index < -0.39 is 5.82 Å². The molecule has 0 saturated carbocycles. The van der Waals surface area contributed by atoms with E-state index in [0.29, 0.717) is 27.5 Å². The van der Waals surface area contributed by atoms with E-state index in [0.717, 1.165) is 39.3 Å². The summed E-state index contributed by atoms with van der Waals surface area (Å²) in [5.74, 6) is -0.973. The lowest BCUT2D eigenvalue weighted by molar-refractivity contribution is 0.0376. The van der Waals surface area contributed by atoms with Crippen molar-refractivity contribution in [3.8, 4) is 0 Å². The number of halogens is 3. The minimum atomic E-state index is -0.393. The Morgan fingerprint density at radius 2 is 1.80 bits per heavy atom. The van der Waals surface area contributed by atoms with Crippen LogP contribution in [-0.2, 0) is 4.74 Å². The van der Waals surface area contributed by atoms with Crippen molar-refractivity contribution in [1.82, 2.24) is 9.88 Å². The van der Waals surface area contributed by atoms with Gasteiger partial charge in [-0.1, -0.05) is 11.3 Å². The summed E-state index contributed by atoms with van der Waals surface area (Å²) >= 11 is 1.28. The van der Waals surface area contributed by atoms with Gasteiger partial charge in [-0.2, -0.15) is 0 Å². The van der Waals surface area contributed by atoms with Crippen molar-refractivity contribution in [3.05, 3.63) is 59.7 Å². The number of benzene rings is 2. The Morgan fingerprint density at radius 1 is 1.10 bits per heavy atom. The molecule has 160 valence electrons. The van der Waals surface area contributed by atoms with Gasteiger partial charge in [-0.05, 0) is 48.9 Å². The summed E-state index contributed by atoms with van der Waals surface area (Å²) < 4.78 is 32.9. The fourth-order valence-electron chi connectivity index (χ4n) is 3.31. The highest BCUT2D eigenvalue weighted by Gasteiger charge is 2.22. The molecule has 1 aliphatic rings. The predicted octanol–water partition coefficient (Wildman–Crippen LogP) is 4.37. The molecular weight excluding hydrogens is 432 g/mol. The third-order valence-corrected chi connectivity index (χ3v) is 5.91. The van der Waals surface area contributed by atoms with Crippen molar-refractivity contribution < 1.29 is 18.3 Å². The number of carbonyl (C=O) groups is 1. The number of ether oxygens (including phenoxy) is 1. The molecule has 1 saturated heterocycles. The smallest absolute Gasteiger partial charge is 0.260 e. The number of amides is 1. The molecule has 3 aromatic rings. The van der Waals surface area contributed by atoms with Gasteiger partial charge in [0, 0.05) is 31.7 Å². The third-order valence-electron chi connectivity index (χ3n) is 4.87. The Kier molecular flexibility index (Phi) is 7.71. The van der Waals surface area contributed by atoms with Crippen molar-refractivity contribution >= 4 is 45.0 Å². The fourth-order valence-corrected chi connectivity index (χ4v) is 4.33. The van der Waals surface area contributed by atoms with Crippen molar-refractivity contribution in [2.75, 3.05) is 44.3 Å². The molecule has 0 atom stereocenters. The number of hydrogen-bond acceptors (Lipinski definition) is 5. The van der Waals surface area contributed by atoms with Gasteiger partial charge in [-0.3, -0.25) is 14.6 Å². The second-order valence-corrected chi connectivity index (χ2v) is 7.89. The van der Waals surface area contributed by atoms with Gasteiger partial charge in [0.25, 0.3) is 5.91 Å². The predicted molar refractivity (Wildman–Crippen MR) is 117 cm³/mol. The van der Waals surface area contributed by atoms with Gasteiger partial charge in [0.05, 0.1) is 23.4 Å². The minimum absolute atomic E-state index is 0. The number of aromatic nitrogens is 1. The molecule has 1 fully saturated rings. The van der Waals surface area contributed by atoms with Crippen LogP contribution in [0.15, 0.2) is 42.5 Å². The number of fused-ring (bicyclic) bond motifs is 1. The Balaban J connectivity index is 0.00000256. The normalized spacial score (nSPS) is 14.5. The van der Waals surface area contributed by atoms with Crippen molar-refractivity contribution in [2.45, 2.75) is 6.42 Å². The summed E-state index contributed by atoms with van der Waals surface area (Å²) in [5.41, 5.74) is 1.04. The van der Waals surface area contributed by atoms with E-state index >= 15 is 0 Å². The van der Waals surface area contributed by atoms with E-state index in [1.807, 2.05) is 0 Å². The van der Waals surface area contributed by atoms with E-state index in [-0.39, 0.29) is 24.1 Å². The van der Waals surface area contributed by atoms with Crippen LogP contribution in [0.5, 0.6) is 0 Å². The molecule has 0 spiro atoms. The molecule has 30 heavy (non-hydrogen) atoms. The van der Waals surface area contributed by atoms with E-state index in [4.69, 9.17) is 4.74 Å². The van der Waals surface area contributed by atoms with Gasteiger partial charge >= 0.3 is 0 Å². The lowest BCUT2D eigenvalue weighted by Crippen LogP contribution is -2.39. The molecule has 1 aliphatic heterocycles. The van der Waals surface area contributed by atoms with E-state index in [1.54, 1.807) is 11.0 Å². The molecule has 1 amide bonds. The lowest BCUT2D eigenvalue weighted by atomic mass is 10.2. The summed E-state index contributed by atoms with van der Waals surface area (Å²) in [6.45, 7) is 4.52. The molecule has 0 N–H and O–H groups in total. The van der Waals surface area contributed by atoms with Gasteiger partial charge in [0.1, 0.15) is 11.6 Å². The van der Waals surface area contributed by atoms with Crippen LogP contribution < -0.4 is 4.90 Å². The zero-order valence-corrected chi connectivity index (χ0v) is 17.9. The van der Waals surface area contributed by atoms with Crippen LogP contribution in [0.3, 0.4) is 0 Å². The first-order valence-corrected chi connectivity index (χ1v) is 10.4. The number of rotatable bonds is 6. The topological polar surface area (TPSA) is 45.7 Å². The van der Waals surface area contributed by atoms with Gasteiger partial charge in [0.2, 0.25) is 0 Å². The monoisotopic (exact) mass is 453 g/mol. The Labute approximate surface area is 183 Å². The van der Waals surface area contributed by atoms with Crippen molar-refractivity contribution in [2.24, 2.45) is 0 Å². The second kappa shape index (κ2) is 10.3. The quantitative estimate of drug-likeness (QED) is 0.556. The third kappa shape index (κ3) is 5.31. The zero-order chi connectivity index (χ0) is 20.2. The summed E-state index contributed by atoms with van der Waals surface area (Å²) in [6, 6.07) is 9.87. The van der Waals surface area contributed by atoms with E-state index in [2.05, 4.69) is 9.88 Å². The Morgan fingerprint density at radius 3 is 2.53 bits per heavy atom. The SMILES string of the molecule is Cl.O=C(c1ccc(F)cc1)N(CCCN1CCOCC1)c1nc2ccc(F)cc2s1. The van der Waals surface area contributed by atoms with Crippen LogP contribution in [-0.4, -0.2) is 55.2 Å². The highest BCUT2D eigenvalue weighted by atomic mass is 35.5. The van der Waals surface area contributed by atoms with Crippen molar-refractivity contribution in [1.29, 1.82) is 0 Å². The number of nitrogens with zero attached hydrogens (tertiary/aromatic N) is 3. The molecular formula is C21H22ClF2N3O2S. The van der Waals surface area contributed by atoms with Crippen LogP contribution >= 0.6 is 23.7 Å². The molecule has 9 heteroatoms. The van der Waals surface area contributed by atoms with Gasteiger partial charge in [-0.25, -0.2) is 13.8 Å². The standard InChI is InChI=1S/C21H21F2N3O2S.ClH/c22-16-4-2-15(3-5-16)20(27)26(9-1-8-25-10-12-28-13-11-25)21-24-18-7-6-17(23)14-19(18)29-21;/h2-7,14H,1,8-13H2;1H. The maximum Gasteiger partial charge on any atom is 0.260 e. The summed E-state index contributed by atoms with van der Waals surface area (Å²) in [6.07, 6.45) is 0.761. The maximum absolute atomic E-state index is 13.6. The number of morpholine rings is 1. The molecule has 2 heterocycles. The van der Waals surface area contributed by atoms with Crippen molar-refractivity contribution in [3.63, 3.8) is 0 Å². The summed E-state index contributed by atoms with van der Waals surface area (Å²) in [4.78, 5) is 21.6. The largest absolute Gasteiger partial charge is 0.379 e. The first-order valence-electron chi connectivity index (χ1n) is 9.54. The van der Waals surface area contributed by atoms with Crippen LogP contribution in [0.1, 0.15) is 16.8 Å². The van der Waals surface area contributed by atoms with Gasteiger partial charge < -0.3 is 4.74 Å². The maximum atomic E-state index is 13.6. The fraction of sp³-hybridized carbons (Fsp3) is 0.333. The van der Waals surface area contributed by atoms with Crippen LogP contribution in [0.25, 0.3) is 10.2 Å². The average Bonchev–Trinajstić information content (AvgIpc) is 3.15. The Hall–Kier alpha value is -2.13. The highest BCUT2D eigenvalue weighted by molar-refractivity contribution is 7.22. The Bertz CT molecular complexity index is 994. The van der Waals surface area contributed by atoms with Crippen LogP contribution in [0.4, 0.5) is 13.9 Å². The molecule has 0 bridgehead atoms. The molecule has 4 rings (SSSR count). The van der Waals surface area contributed by atoms with Gasteiger partial charge in [-0.15, -0.1) is 12.4 Å². The first-order chi connectivity index (χ1) is 14.1. The minimum Gasteiger partial charge on any atom is -0.379 e. The number of hydrogen-bond donors (Lipinski definition) is 0. The van der Waals surface area contributed by atoms with Gasteiger partial charge in [0.15, 0.2) is 5.13 Å².